The number of nitrogens with zero attached hydrogens (tertiary/aromatic N) is 2. The van der Waals surface area contributed by atoms with E-state index in [1.165, 1.54) is 20.3 Å². The Morgan fingerprint density at radius 2 is 1.75 bits per heavy atom. The van der Waals surface area contributed by atoms with E-state index in [2.05, 4.69) is 38.1 Å². The third-order valence-electron chi connectivity index (χ3n) is 5.42. The fourth-order valence-corrected chi connectivity index (χ4v) is 4.73. The highest BCUT2D eigenvalue weighted by atomic mass is 79.9. The lowest BCUT2D eigenvalue weighted by atomic mass is 10.1. The minimum Gasteiger partial charge on any atom is -0.495 e. The molecule has 7 nitrogen and oxygen atoms in total. The number of hydrogen-bond donors (Lipinski definition) is 2. The van der Waals surface area contributed by atoms with Crippen LogP contribution < -0.4 is 20.1 Å². The average molecular weight is 588 g/mol. The Kier molecular flexibility index (Phi) is 7.68. The summed E-state index contributed by atoms with van der Waals surface area (Å²) in [4.78, 5) is 21.2. The molecule has 0 bridgehead atoms. The summed E-state index contributed by atoms with van der Waals surface area (Å²) >= 11 is 16.6. The molecule has 0 unspecified atom stereocenters. The largest absolute Gasteiger partial charge is 0.495 e. The number of anilines is 3. The fourth-order valence-electron chi connectivity index (χ4n) is 3.67. The van der Waals surface area contributed by atoms with Gasteiger partial charge in [0.05, 0.1) is 41.3 Å². The number of pyridine rings is 2. The quantitative estimate of drug-likeness (QED) is 0.217. The molecule has 0 atom stereocenters. The van der Waals surface area contributed by atoms with E-state index in [-0.39, 0.29) is 5.91 Å². The normalized spacial score (nSPS) is 10.7. The second-order valence-electron chi connectivity index (χ2n) is 7.68. The molecule has 0 radical (unpaired) electrons. The summed E-state index contributed by atoms with van der Waals surface area (Å²) in [6.07, 6.45) is 2.94. The number of carbonyl (C=O) groups is 1. The SMILES string of the molecule is C=CC(=O)Nc1cc(Br)ccc1Nc1cc2c(C)nc(-c3c(Cl)c(OC)cc(OC)c3Cl)cc2cn1. The molecule has 4 rings (SSSR count). The van der Waals surface area contributed by atoms with Crippen LogP contribution in [0.5, 0.6) is 11.5 Å². The van der Waals surface area contributed by atoms with E-state index in [0.717, 1.165) is 20.9 Å². The number of ether oxygens (including phenoxy) is 2. The van der Waals surface area contributed by atoms with Gasteiger partial charge in [0, 0.05) is 38.8 Å². The molecule has 4 aromatic rings. The number of aryl methyl sites for hydroxylation is 1. The summed E-state index contributed by atoms with van der Waals surface area (Å²) in [7, 11) is 3.05. The smallest absolute Gasteiger partial charge is 0.247 e. The lowest BCUT2D eigenvalue weighted by molar-refractivity contribution is -0.111. The first-order valence-corrected chi connectivity index (χ1v) is 12.2. The Morgan fingerprint density at radius 3 is 2.39 bits per heavy atom. The topological polar surface area (TPSA) is 85.4 Å². The average Bonchev–Trinajstić information content (AvgIpc) is 2.86. The van der Waals surface area contributed by atoms with Crippen molar-refractivity contribution < 1.29 is 14.3 Å². The number of fused-ring (bicyclic) bond motifs is 1. The van der Waals surface area contributed by atoms with Crippen LogP contribution in [0.15, 0.2) is 59.7 Å². The molecule has 0 aliphatic heterocycles. The highest BCUT2D eigenvalue weighted by Gasteiger charge is 2.21. The van der Waals surface area contributed by atoms with Gasteiger partial charge in [-0.2, -0.15) is 0 Å². The maximum absolute atomic E-state index is 11.9. The van der Waals surface area contributed by atoms with Crippen molar-refractivity contribution in [2.45, 2.75) is 6.92 Å². The highest BCUT2D eigenvalue weighted by molar-refractivity contribution is 9.10. The van der Waals surface area contributed by atoms with Crippen LogP contribution in [-0.4, -0.2) is 30.1 Å². The van der Waals surface area contributed by atoms with Crippen LogP contribution >= 0.6 is 39.1 Å². The molecule has 10 heteroatoms. The fraction of sp³-hybridized carbons (Fsp3) is 0.115. The summed E-state index contributed by atoms with van der Waals surface area (Å²) < 4.78 is 11.6. The lowest BCUT2D eigenvalue weighted by Gasteiger charge is -2.16. The minimum atomic E-state index is -0.318. The van der Waals surface area contributed by atoms with E-state index in [1.54, 1.807) is 18.3 Å². The van der Waals surface area contributed by atoms with E-state index in [0.29, 0.717) is 50.0 Å². The molecule has 0 aliphatic rings. The van der Waals surface area contributed by atoms with Crippen LogP contribution in [0.2, 0.25) is 10.0 Å². The van der Waals surface area contributed by atoms with E-state index < -0.39 is 0 Å². The summed E-state index contributed by atoms with van der Waals surface area (Å²) in [6.45, 7) is 5.39. The van der Waals surface area contributed by atoms with Crippen LogP contribution in [0.25, 0.3) is 22.0 Å². The van der Waals surface area contributed by atoms with Gasteiger partial charge in [-0.3, -0.25) is 9.78 Å². The molecule has 0 fully saturated rings. The van der Waals surface area contributed by atoms with Gasteiger partial charge in [-0.15, -0.1) is 0 Å². The summed E-state index contributed by atoms with van der Waals surface area (Å²) in [5.74, 6) is 1.12. The molecule has 36 heavy (non-hydrogen) atoms. The molecule has 184 valence electrons. The summed E-state index contributed by atoms with van der Waals surface area (Å²) in [5, 5.41) is 8.45. The first kappa shape index (κ1) is 25.8. The van der Waals surface area contributed by atoms with Crippen molar-refractivity contribution in [3.8, 4) is 22.8 Å². The van der Waals surface area contributed by atoms with Gasteiger partial charge in [0.1, 0.15) is 17.3 Å². The van der Waals surface area contributed by atoms with Gasteiger partial charge in [0.15, 0.2) is 0 Å². The zero-order valence-electron chi connectivity index (χ0n) is 19.6. The van der Waals surface area contributed by atoms with E-state index in [4.69, 9.17) is 37.7 Å². The van der Waals surface area contributed by atoms with Crippen molar-refractivity contribution in [3.63, 3.8) is 0 Å². The van der Waals surface area contributed by atoms with E-state index >= 15 is 0 Å². The van der Waals surface area contributed by atoms with Crippen LogP contribution in [0, 0.1) is 6.92 Å². The standard InChI is InChI=1S/C26H21BrCl2N4O3/c1-5-23(34)33-18-9-15(27)6-7-17(18)32-22-10-16-13(2)31-19(8-14(16)12-30-22)24-25(28)20(35-3)11-21(36-4)26(24)29/h5-12H,1H2,2-4H3,(H,30,32)(H,33,34). The number of rotatable bonds is 7. The minimum absolute atomic E-state index is 0.318. The van der Waals surface area contributed by atoms with Gasteiger partial charge in [0.25, 0.3) is 0 Å². The van der Waals surface area contributed by atoms with Gasteiger partial charge in [-0.05, 0) is 43.3 Å². The van der Waals surface area contributed by atoms with Crippen molar-refractivity contribution in [2.24, 2.45) is 0 Å². The maximum Gasteiger partial charge on any atom is 0.247 e. The predicted octanol–water partition coefficient (Wildman–Crippen LogP) is 7.56. The molecule has 0 saturated carbocycles. The molecule has 2 aromatic carbocycles. The van der Waals surface area contributed by atoms with Crippen molar-refractivity contribution in [1.29, 1.82) is 0 Å². The number of amides is 1. The number of hydrogen-bond acceptors (Lipinski definition) is 6. The molecular formula is C26H21BrCl2N4O3. The second kappa shape index (κ2) is 10.7. The van der Waals surface area contributed by atoms with Gasteiger partial charge < -0.3 is 20.1 Å². The van der Waals surface area contributed by atoms with Crippen LogP contribution in [0.4, 0.5) is 17.2 Å². The second-order valence-corrected chi connectivity index (χ2v) is 9.35. The Hall–Kier alpha value is -3.33. The highest BCUT2D eigenvalue weighted by Crippen LogP contribution is 2.46. The molecule has 0 aliphatic carbocycles. The molecule has 1 amide bonds. The Balaban J connectivity index is 1.76. The number of nitrogens with one attached hydrogen (secondary N) is 2. The van der Waals surface area contributed by atoms with Crippen molar-refractivity contribution in [2.75, 3.05) is 24.9 Å². The van der Waals surface area contributed by atoms with Crippen LogP contribution in [0.3, 0.4) is 0 Å². The van der Waals surface area contributed by atoms with Gasteiger partial charge in [0.2, 0.25) is 5.91 Å². The zero-order chi connectivity index (χ0) is 26.0. The number of aromatic nitrogens is 2. The maximum atomic E-state index is 11.9. The van der Waals surface area contributed by atoms with Gasteiger partial charge >= 0.3 is 0 Å². The summed E-state index contributed by atoms with van der Waals surface area (Å²) in [6, 6.07) is 10.9. The lowest BCUT2D eigenvalue weighted by Crippen LogP contribution is -2.09. The number of methoxy groups -OCH3 is 2. The van der Waals surface area contributed by atoms with Crippen molar-refractivity contribution >= 4 is 73.0 Å². The number of halogens is 3. The predicted molar refractivity (Wildman–Crippen MR) is 149 cm³/mol. The molecular weight excluding hydrogens is 567 g/mol. The summed E-state index contributed by atoms with van der Waals surface area (Å²) in [5.41, 5.74) is 3.08. The third kappa shape index (κ3) is 5.11. The number of benzene rings is 2. The monoisotopic (exact) mass is 586 g/mol. The number of carbonyl (C=O) groups excluding carboxylic acids is 1. The molecule has 2 heterocycles. The van der Waals surface area contributed by atoms with Crippen molar-refractivity contribution in [3.05, 3.63) is 75.5 Å². The van der Waals surface area contributed by atoms with Crippen molar-refractivity contribution in [1.82, 2.24) is 9.97 Å². The third-order valence-corrected chi connectivity index (χ3v) is 6.67. The first-order valence-electron chi connectivity index (χ1n) is 10.6. The first-order chi connectivity index (χ1) is 17.2. The molecule has 0 saturated heterocycles. The molecule has 0 spiro atoms. The van der Waals surface area contributed by atoms with Gasteiger partial charge in [-0.1, -0.05) is 45.7 Å². The van der Waals surface area contributed by atoms with E-state index in [9.17, 15) is 4.79 Å². The van der Waals surface area contributed by atoms with Crippen LogP contribution in [0.1, 0.15) is 5.69 Å². The Labute approximate surface area is 226 Å². The molecule has 2 N–H and O–H groups in total. The van der Waals surface area contributed by atoms with Crippen LogP contribution in [-0.2, 0) is 4.79 Å². The zero-order valence-corrected chi connectivity index (χ0v) is 22.7. The van der Waals surface area contributed by atoms with Gasteiger partial charge in [-0.25, -0.2) is 4.98 Å². The van der Waals surface area contributed by atoms with E-state index in [1.807, 2.05) is 31.2 Å². The Bertz CT molecular complexity index is 1480. The Morgan fingerprint density at radius 1 is 1.06 bits per heavy atom. The molecule has 2 aromatic heterocycles.